The monoisotopic (exact) mass is 248 g/mol. The third kappa shape index (κ3) is 3.05. The first-order chi connectivity index (χ1) is 8.50. The summed E-state index contributed by atoms with van der Waals surface area (Å²) < 4.78 is 6.99. The number of hydrogen-bond donors (Lipinski definition) is 1. The van der Waals surface area contributed by atoms with Crippen LogP contribution in [0.25, 0.3) is 5.65 Å². The van der Waals surface area contributed by atoms with Crippen molar-refractivity contribution in [2.75, 3.05) is 13.7 Å². The largest absolute Gasteiger partial charge is 0.383 e. The molecule has 0 saturated heterocycles. The van der Waals surface area contributed by atoms with Gasteiger partial charge in [0.1, 0.15) is 0 Å². The van der Waals surface area contributed by atoms with Gasteiger partial charge in [-0.1, -0.05) is 0 Å². The lowest BCUT2D eigenvalue weighted by Gasteiger charge is -2.25. The van der Waals surface area contributed by atoms with Crippen LogP contribution >= 0.6 is 0 Å². The highest BCUT2D eigenvalue weighted by Gasteiger charge is 2.16. The molecule has 0 fully saturated rings. The standard InChI is InChI=1S/C13H20N4O/c1-10-5-12-14-6-11(8-17(12)16-10)7-15-13(2,3)9-18-4/h5-6,8,15H,7,9H2,1-4H3. The summed E-state index contributed by atoms with van der Waals surface area (Å²) >= 11 is 0. The van der Waals surface area contributed by atoms with E-state index in [4.69, 9.17) is 4.74 Å². The molecule has 0 aliphatic rings. The smallest absolute Gasteiger partial charge is 0.155 e. The molecule has 0 unspecified atom stereocenters. The summed E-state index contributed by atoms with van der Waals surface area (Å²) in [7, 11) is 1.71. The van der Waals surface area contributed by atoms with Crippen molar-refractivity contribution in [1.82, 2.24) is 19.9 Å². The van der Waals surface area contributed by atoms with Crippen LogP contribution in [0.3, 0.4) is 0 Å². The molecule has 2 heterocycles. The molecule has 0 bridgehead atoms. The Morgan fingerprint density at radius 3 is 2.94 bits per heavy atom. The Kier molecular flexibility index (Phi) is 3.63. The Labute approximate surface area is 107 Å². The summed E-state index contributed by atoms with van der Waals surface area (Å²) in [5.74, 6) is 0. The van der Waals surface area contributed by atoms with Crippen LogP contribution in [0.2, 0.25) is 0 Å². The van der Waals surface area contributed by atoms with Crippen molar-refractivity contribution >= 4 is 5.65 Å². The Bertz CT molecular complexity index is 533. The van der Waals surface area contributed by atoms with Gasteiger partial charge in [-0.05, 0) is 20.8 Å². The Hall–Kier alpha value is -1.46. The molecule has 98 valence electrons. The first kappa shape index (κ1) is 13.0. The van der Waals surface area contributed by atoms with Gasteiger partial charge in [-0.25, -0.2) is 9.50 Å². The molecule has 0 aliphatic carbocycles. The summed E-state index contributed by atoms with van der Waals surface area (Å²) in [6.45, 7) is 7.61. The zero-order valence-corrected chi connectivity index (χ0v) is 11.4. The van der Waals surface area contributed by atoms with Crippen LogP contribution in [0.4, 0.5) is 0 Å². The molecule has 0 amide bonds. The van der Waals surface area contributed by atoms with Gasteiger partial charge in [0.05, 0.1) is 12.3 Å². The lowest BCUT2D eigenvalue weighted by Crippen LogP contribution is -2.42. The van der Waals surface area contributed by atoms with Crippen molar-refractivity contribution in [2.24, 2.45) is 0 Å². The van der Waals surface area contributed by atoms with Gasteiger partial charge in [-0.15, -0.1) is 0 Å². The molecule has 2 aromatic rings. The molecule has 5 nitrogen and oxygen atoms in total. The molecule has 0 saturated carbocycles. The van der Waals surface area contributed by atoms with E-state index in [1.165, 1.54) is 0 Å². The second-order valence-electron chi connectivity index (χ2n) is 5.22. The summed E-state index contributed by atoms with van der Waals surface area (Å²) in [6, 6.07) is 1.96. The van der Waals surface area contributed by atoms with E-state index >= 15 is 0 Å². The van der Waals surface area contributed by atoms with Gasteiger partial charge in [-0.3, -0.25) is 0 Å². The first-order valence-electron chi connectivity index (χ1n) is 6.05. The summed E-state index contributed by atoms with van der Waals surface area (Å²) in [4.78, 5) is 4.38. The number of ether oxygens (including phenoxy) is 1. The second-order valence-corrected chi connectivity index (χ2v) is 5.22. The van der Waals surface area contributed by atoms with E-state index in [9.17, 15) is 0 Å². The van der Waals surface area contributed by atoms with Crippen molar-refractivity contribution in [3.05, 3.63) is 29.7 Å². The highest BCUT2D eigenvalue weighted by Crippen LogP contribution is 2.07. The van der Waals surface area contributed by atoms with Crippen molar-refractivity contribution in [3.8, 4) is 0 Å². The molecule has 0 aromatic carbocycles. The molecule has 18 heavy (non-hydrogen) atoms. The maximum Gasteiger partial charge on any atom is 0.155 e. The number of fused-ring (bicyclic) bond motifs is 1. The minimum atomic E-state index is -0.0518. The van der Waals surface area contributed by atoms with Crippen LogP contribution in [0.1, 0.15) is 25.1 Å². The number of aromatic nitrogens is 3. The third-order valence-corrected chi connectivity index (χ3v) is 2.77. The predicted octanol–water partition coefficient (Wildman–Crippen LogP) is 1.55. The molecule has 0 atom stereocenters. The highest BCUT2D eigenvalue weighted by molar-refractivity contribution is 5.38. The summed E-state index contributed by atoms with van der Waals surface area (Å²) in [5.41, 5.74) is 2.92. The van der Waals surface area contributed by atoms with E-state index in [2.05, 4.69) is 29.2 Å². The quantitative estimate of drug-likeness (QED) is 0.872. The van der Waals surface area contributed by atoms with Crippen molar-refractivity contribution in [3.63, 3.8) is 0 Å². The number of aryl methyl sites for hydroxylation is 1. The normalized spacial score (nSPS) is 12.2. The van der Waals surface area contributed by atoms with Crippen molar-refractivity contribution in [2.45, 2.75) is 32.9 Å². The average Bonchev–Trinajstić information content (AvgIpc) is 2.65. The van der Waals surface area contributed by atoms with Crippen molar-refractivity contribution < 1.29 is 4.74 Å². The van der Waals surface area contributed by atoms with Gasteiger partial charge in [0.2, 0.25) is 0 Å². The van der Waals surface area contributed by atoms with Gasteiger partial charge < -0.3 is 10.1 Å². The maximum absolute atomic E-state index is 5.17. The van der Waals surface area contributed by atoms with Gasteiger partial charge >= 0.3 is 0 Å². The summed E-state index contributed by atoms with van der Waals surface area (Å²) in [6.07, 6.45) is 3.89. The fraction of sp³-hybridized carbons (Fsp3) is 0.538. The maximum atomic E-state index is 5.17. The van der Waals surface area contributed by atoms with E-state index < -0.39 is 0 Å². The highest BCUT2D eigenvalue weighted by atomic mass is 16.5. The molecule has 1 N–H and O–H groups in total. The van der Waals surface area contributed by atoms with Crippen LogP contribution in [-0.2, 0) is 11.3 Å². The summed E-state index contributed by atoms with van der Waals surface area (Å²) in [5, 5.41) is 7.80. The van der Waals surface area contributed by atoms with Crippen molar-refractivity contribution in [1.29, 1.82) is 0 Å². The zero-order chi connectivity index (χ0) is 13.2. The molecule has 5 heteroatoms. The van der Waals surface area contributed by atoms with Crippen LogP contribution in [0.15, 0.2) is 18.5 Å². The second kappa shape index (κ2) is 5.04. The lowest BCUT2D eigenvalue weighted by molar-refractivity contribution is 0.127. The molecular weight excluding hydrogens is 228 g/mol. The van der Waals surface area contributed by atoms with E-state index in [1.807, 2.05) is 29.9 Å². The molecule has 0 spiro atoms. The van der Waals surface area contributed by atoms with Gasteiger partial charge in [0.15, 0.2) is 5.65 Å². The molecular formula is C13H20N4O. The van der Waals surface area contributed by atoms with Gasteiger partial charge in [0.25, 0.3) is 0 Å². The number of nitrogens with one attached hydrogen (secondary N) is 1. The van der Waals surface area contributed by atoms with Gasteiger partial charge in [-0.2, -0.15) is 5.10 Å². The van der Waals surface area contributed by atoms with Gasteiger partial charge in [0, 0.05) is 43.2 Å². The number of rotatable bonds is 5. The molecule has 0 radical (unpaired) electrons. The minimum absolute atomic E-state index is 0.0518. The number of methoxy groups -OCH3 is 1. The Balaban J connectivity index is 2.07. The first-order valence-corrected chi connectivity index (χ1v) is 6.05. The average molecular weight is 248 g/mol. The fourth-order valence-corrected chi connectivity index (χ4v) is 1.88. The van der Waals surface area contributed by atoms with Crippen LogP contribution in [0.5, 0.6) is 0 Å². The molecule has 2 aromatic heterocycles. The topological polar surface area (TPSA) is 51.5 Å². The van der Waals surface area contributed by atoms with E-state index in [1.54, 1.807) is 7.11 Å². The minimum Gasteiger partial charge on any atom is -0.383 e. The molecule has 0 aliphatic heterocycles. The number of nitrogens with zero attached hydrogens (tertiary/aromatic N) is 3. The number of hydrogen-bond acceptors (Lipinski definition) is 4. The van der Waals surface area contributed by atoms with E-state index in [0.29, 0.717) is 6.61 Å². The Morgan fingerprint density at radius 1 is 1.44 bits per heavy atom. The van der Waals surface area contributed by atoms with Crippen LogP contribution in [0, 0.1) is 6.92 Å². The SMILES string of the molecule is COCC(C)(C)NCc1cnc2cc(C)nn2c1. The Morgan fingerprint density at radius 2 is 2.22 bits per heavy atom. The van der Waals surface area contributed by atoms with Crippen LogP contribution < -0.4 is 5.32 Å². The fourth-order valence-electron chi connectivity index (χ4n) is 1.88. The predicted molar refractivity (Wildman–Crippen MR) is 70.5 cm³/mol. The van der Waals surface area contributed by atoms with Crippen LogP contribution in [-0.4, -0.2) is 33.9 Å². The van der Waals surface area contributed by atoms with E-state index in [0.717, 1.165) is 23.4 Å². The lowest BCUT2D eigenvalue weighted by atomic mass is 10.1. The van der Waals surface area contributed by atoms with E-state index in [-0.39, 0.29) is 5.54 Å². The molecule has 2 rings (SSSR count). The third-order valence-electron chi connectivity index (χ3n) is 2.77. The zero-order valence-electron chi connectivity index (χ0n) is 11.4.